The molecule has 5 nitrogen and oxygen atoms in total. The number of fused-ring (bicyclic) bond motifs is 3. The van der Waals surface area contributed by atoms with E-state index in [0.717, 1.165) is 22.2 Å². The minimum Gasteiger partial charge on any atom is -0.401 e. The topological polar surface area (TPSA) is 60.4 Å². The van der Waals surface area contributed by atoms with Gasteiger partial charge in [0.1, 0.15) is 0 Å². The van der Waals surface area contributed by atoms with Gasteiger partial charge in [0.2, 0.25) is 0 Å². The second-order valence-corrected chi connectivity index (χ2v) is 5.38. The minimum absolute atomic E-state index is 0.371. The van der Waals surface area contributed by atoms with Crippen LogP contribution in [0.5, 0.6) is 0 Å². The number of hydrogen-bond donors (Lipinski definition) is 0. The number of aryl methyl sites for hydroxylation is 2. The average Bonchev–Trinajstić information content (AvgIpc) is 2.92. The van der Waals surface area contributed by atoms with Crippen LogP contribution in [0.25, 0.3) is 27.9 Å². The van der Waals surface area contributed by atoms with Crippen LogP contribution < -0.4 is 5.63 Å². The van der Waals surface area contributed by atoms with Crippen molar-refractivity contribution in [1.29, 1.82) is 0 Å². The molecule has 108 valence electrons. The molecule has 0 aliphatic heterocycles. The molecule has 0 unspecified atom stereocenters. The van der Waals surface area contributed by atoms with Crippen LogP contribution >= 0.6 is 0 Å². The first-order valence-corrected chi connectivity index (χ1v) is 7.00. The Morgan fingerprint density at radius 2 is 1.82 bits per heavy atom. The van der Waals surface area contributed by atoms with Crippen LogP contribution in [0.1, 0.15) is 11.1 Å². The first kappa shape index (κ1) is 12.8. The quantitative estimate of drug-likeness (QED) is 0.540. The van der Waals surface area contributed by atoms with Gasteiger partial charge < -0.3 is 4.42 Å². The number of hydrogen-bond acceptors (Lipinski definition) is 4. The molecular weight excluding hydrogens is 278 g/mol. The van der Waals surface area contributed by atoms with Gasteiger partial charge in [-0.05, 0) is 25.5 Å². The highest BCUT2D eigenvalue weighted by Crippen LogP contribution is 2.25. The highest BCUT2D eigenvalue weighted by Gasteiger charge is 2.16. The van der Waals surface area contributed by atoms with Crippen molar-refractivity contribution >= 4 is 16.6 Å². The van der Waals surface area contributed by atoms with Gasteiger partial charge in [-0.25, -0.2) is 4.79 Å². The molecule has 22 heavy (non-hydrogen) atoms. The maximum Gasteiger partial charge on any atom is 0.347 e. The molecule has 0 N–H and O–H groups in total. The molecule has 0 amide bonds. The van der Waals surface area contributed by atoms with E-state index in [1.807, 2.05) is 50.2 Å². The van der Waals surface area contributed by atoms with E-state index in [4.69, 9.17) is 4.42 Å². The van der Waals surface area contributed by atoms with E-state index in [9.17, 15) is 4.79 Å². The third-order valence-electron chi connectivity index (χ3n) is 3.81. The molecule has 0 atom stereocenters. The van der Waals surface area contributed by atoms with E-state index in [2.05, 4.69) is 10.3 Å². The number of nitrogens with zero attached hydrogens (tertiary/aromatic N) is 3. The lowest BCUT2D eigenvalue weighted by molar-refractivity contribution is 0.543. The van der Waals surface area contributed by atoms with Crippen LogP contribution in [0.2, 0.25) is 0 Å². The molecule has 0 aliphatic carbocycles. The zero-order valence-electron chi connectivity index (χ0n) is 12.2. The van der Waals surface area contributed by atoms with Crippen molar-refractivity contribution in [3.63, 3.8) is 0 Å². The van der Waals surface area contributed by atoms with Crippen molar-refractivity contribution < 1.29 is 4.42 Å². The van der Waals surface area contributed by atoms with E-state index >= 15 is 0 Å². The predicted molar refractivity (Wildman–Crippen MR) is 83.9 cm³/mol. The fraction of sp³-hybridized carbons (Fsp3) is 0.118. The Hall–Kier alpha value is -2.95. The van der Waals surface area contributed by atoms with Gasteiger partial charge >= 0.3 is 5.63 Å². The van der Waals surface area contributed by atoms with Gasteiger partial charge in [0, 0.05) is 5.56 Å². The van der Waals surface area contributed by atoms with Gasteiger partial charge in [-0.3, -0.25) is 0 Å². The molecule has 0 fully saturated rings. The van der Waals surface area contributed by atoms with Crippen LogP contribution in [0.15, 0.2) is 51.7 Å². The molecule has 0 aliphatic rings. The molecule has 4 rings (SSSR count). The van der Waals surface area contributed by atoms with Crippen molar-refractivity contribution in [1.82, 2.24) is 14.8 Å². The van der Waals surface area contributed by atoms with E-state index in [-0.39, 0.29) is 5.63 Å². The van der Waals surface area contributed by atoms with Crippen molar-refractivity contribution in [2.75, 3.05) is 0 Å². The Morgan fingerprint density at radius 1 is 1.05 bits per heavy atom. The normalized spacial score (nSPS) is 11.4. The first-order chi connectivity index (χ1) is 10.6. The molecule has 0 saturated carbocycles. The summed E-state index contributed by atoms with van der Waals surface area (Å²) in [5.41, 5.74) is 4.29. The summed E-state index contributed by atoms with van der Waals surface area (Å²) in [5.74, 6) is 0. The summed E-state index contributed by atoms with van der Waals surface area (Å²) in [5, 5.41) is 8.90. The molecule has 0 bridgehead atoms. The molecular formula is C17H13N3O2. The number of benzene rings is 2. The van der Waals surface area contributed by atoms with Crippen LogP contribution in [0.4, 0.5) is 0 Å². The summed E-state index contributed by atoms with van der Waals surface area (Å²) < 4.78 is 7.07. The van der Waals surface area contributed by atoms with Crippen LogP contribution in [-0.4, -0.2) is 14.8 Å². The van der Waals surface area contributed by atoms with Crippen molar-refractivity contribution in [2.24, 2.45) is 0 Å². The van der Waals surface area contributed by atoms with Gasteiger partial charge in [-0.2, -0.15) is 4.52 Å². The van der Waals surface area contributed by atoms with Crippen molar-refractivity contribution in [3.05, 3.63) is 64.0 Å². The third kappa shape index (κ3) is 1.75. The Kier molecular flexibility index (Phi) is 2.63. The van der Waals surface area contributed by atoms with Crippen molar-refractivity contribution in [2.45, 2.75) is 13.8 Å². The molecule has 0 radical (unpaired) electrons. The zero-order valence-corrected chi connectivity index (χ0v) is 12.2. The molecule has 2 aromatic carbocycles. The monoisotopic (exact) mass is 291 g/mol. The SMILES string of the molecule is Cc1ccc(-c2nnn3c2oc(=O)c2cccc(C)c23)cc1. The van der Waals surface area contributed by atoms with Crippen molar-refractivity contribution in [3.8, 4) is 11.3 Å². The van der Waals surface area contributed by atoms with Gasteiger partial charge in [-0.1, -0.05) is 47.2 Å². The molecule has 4 aromatic rings. The maximum atomic E-state index is 12.2. The van der Waals surface area contributed by atoms with Crippen LogP contribution in [0.3, 0.4) is 0 Å². The smallest absolute Gasteiger partial charge is 0.347 e. The zero-order chi connectivity index (χ0) is 15.3. The number of aromatic nitrogens is 3. The van der Waals surface area contributed by atoms with E-state index < -0.39 is 0 Å². The summed E-state index contributed by atoms with van der Waals surface area (Å²) in [4.78, 5) is 12.2. The van der Waals surface area contributed by atoms with Gasteiger partial charge in [-0.15, -0.1) is 5.10 Å². The molecule has 0 spiro atoms. The van der Waals surface area contributed by atoms with Crippen LogP contribution in [-0.2, 0) is 0 Å². The maximum absolute atomic E-state index is 12.2. The summed E-state index contributed by atoms with van der Waals surface area (Å²) in [7, 11) is 0. The Balaban J connectivity index is 2.12. The highest BCUT2D eigenvalue weighted by molar-refractivity contribution is 5.84. The highest BCUT2D eigenvalue weighted by atomic mass is 16.4. The molecule has 2 aromatic heterocycles. The molecule has 2 heterocycles. The minimum atomic E-state index is -0.373. The lowest BCUT2D eigenvalue weighted by Gasteiger charge is -2.03. The summed E-state index contributed by atoms with van der Waals surface area (Å²) in [6, 6.07) is 13.4. The third-order valence-corrected chi connectivity index (χ3v) is 3.81. The Bertz CT molecular complexity index is 1060. The lowest BCUT2D eigenvalue weighted by atomic mass is 10.1. The lowest BCUT2D eigenvalue weighted by Crippen LogP contribution is -2.05. The van der Waals surface area contributed by atoms with Crippen LogP contribution in [0, 0.1) is 13.8 Å². The Labute approximate surface area is 125 Å². The fourth-order valence-electron chi connectivity index (χ4n) is 2.65. The predicted octanol–water partition coefficient (Wildman–Crippen LogP) is 3.12. The number of para-hydroxylation sites is 1. The summed E-state index contributed by atoms with van der Waals surface area (Å²) in [6.45, 7) is 3.96. The van der Waals surface area contributed by atoms with E-state index in [1.165, 1.54) is 0 Å². The Morgan fingerprint density at radius 3 is 2.59 bits per heavy atom. The first-order valence-electron chi connectivity index (χ1n) is 7.00. The molecule has 0 saturated heterocycles. The summed E-state index contributed by atoms with van der Waals surface area (Å²) in [6.07, 6.45) is 0. The standard InChI is InChI=1S/C17H13N3O2/c1-10-6-8-12(9-7-10)14-16-20(19-18-14)15-11(2)4-3-5-13(15)17(21)22-16/h3-9H,1-2H3. The second kappa shape index (κ2) is 4.53. The largest absolute Gasteiger partial charge is 0.401 e. The second-order valence-electron chi connectivity index (χ2n) is 5.38. The van der Waals surface area contributed by atoms with E-state index in [1.54, 1.807) is 10.6 Å². The average molecular weight is 291 g/mol. The summed E-state index contributed by atoms with van der Waals surface area (Å²) >= 11 is 0. The van der Waals surface area contributed by atoms with Gasteiger partial charge in [0.15, 0.2) is 5.69 Å². The van der Waals surface area contributed by atoms with Gasteiger partial charge in [0.05, 0.1) is 10.9 Å². The number of rotatable bonds is 1. The van der Waals surface area contributed by atoms with Gasteiger partial charge in [0.25, 0.3) is 5.71 Å². The fourth-order valence-corrected chi connectivity index (χ4v) is 2.65. The molecule has 5 heteroatoms. The van der Waals surface area contributed by atoms with E-state index in [0.29, 0.717) is 16.8 Å².